The standard InChI is InChI=1S/C14H27NO.C12H25N.C11H23N.C10H21NO.C10H21N.3C9H18O.C8H16O2/c1-14(2,3)12-4-8-15(9-5-12)13-6-10-16-11-7-13;1-5-8-13-9-6-11(7-10-13)12(2,3)4;1-5-12-8-6-10(7-9-12)11(2,3)4;1-5-11-7-6-8-12-9(11)10(2,3)4;1-10(2,3)9-5-7-11(4)8-6-9;1-9(2,3)8-4-6-10-7-5-8;1-9(2,3)8-5-4-6-10-7-8;1-9(2,3)8-6-4-5-7-10-8;1-8(2,3)7-6-9-4-5-10-7/h12-13H,4-11H2,1-3H3;11H,5-10H2,1-4H3;10H,5-9H2,1-4H3;9H,5-8H2,1-4H3;9H,5-8H2,1-4H3;3*8H,4-7H2,1-3H3;7H,4-6H2,1-3H3. The number of likely N-dealkylation sites (tertiary alicyclic amines) is 4. The van der Waals surface area contributed by atoms with Crippen molar-refractivity contribution in [3.05, 3.63) is 0 Å². The summed E-state index contributed by atoms with van der Waals surface area (Å²) in [5, 5.41) is 0. The van der Waals surface area contributed by atoms with E-state index in [0.29, 0.717) is 50.2 Å². The van der Waals surface area contributed by atoms with E-state index >= 15 is 0 Å². The Balaban J connectivity index is 0.000000399. The molecule has 0 amide bonds. The first-order chi connectivity index (χ1) is 48.1. The molecular formula is C92H187N5O7. The van der Waals surface area contributed by atoms with Crippen molar-refractivity contribution in [1.82, 2.24) is 24.5 Å². The Labute approximate surface area is 651 Å². The number of piperidine rings is 4. The first-order valence-electron chi connectivity index (χ1n) is 43.9. The van der Waals surface area contributed by atoms with Crippen molar-refractivity contribution < 1.29 is 33.2 Å². The Bertz CT molecular complexity index is 1940. The molecule has 0 aromatic carbocycles. The van der Waals surface area contributed by atoms with Gasteiger partial charge in [-0.25, -0.2) is 0 Å². The topological polar surface area (TPSA) is 80.8 Å². The second kappa shape index (κ2) is 48.6. The highest BCUT2D eigenvalue weighted by molar-refractivity contribution is 4.87. The van der Waals surface area contributed by atoms with Crippen LogP contribution >= 0.6 is 0 Å². The second-order valence-electron chi connectivity index (χ2n) is 43.1. The van der Waals surface area contributed by atoms with Gasteiger partial charge in [-0.3, -0.25) is 4.90 Å². The monoisotopic (exact) mass is 1470 g/mol. The summed E-state index contributed by atoms with van der Waals surface area (Å²) in [5.74, 6) is 5.41. The molecule has 622 valence electrons. The minimum Gasteiger partial charge on any atom is -0.381 e. The van der Waals surface area contributed by atoms with Gasteiger partial charge < -0.3 is 52.8 Å². The van der Waals surface area contributed by atoms with Gasteiger partial charge in [0.05, 0.1) is 32.0 Å². The van der Waals surface area contributed by atoms with Crippen molar-refractivity contribution in [2.24, 2.45) is 84.2 Å². The number of nitrogens with zero attached hydrogens (tertiary/aromatic N) is 5. The van der Waals surface area contributed by atoms with Gasteiger partial charge in [0.1, 0.15) is 6.23 Å². The average molecular weight is 1480 g/mol. The summed E-state index contributed by atoms with van der Waals surface area (Å²) in [6.45, 7) is 94.5. The number of rotatable bonds is 5. The molecule has 0 aliphatic carbocycles. The van der Waals surface area contributed by atoms with Crippen LogP contribution in [-0.4, -0.2) is 207 Å². The normalized spacial score (nSPS) is 25.8. The fourth-order valence-corrected chi connectivity index (χ4v) is 16.7. The molecule has 12 heteroatoms. The zero-order valence-corrected chi connectivity index (χ0v) is 76.1. The van der Waals surface area contributed by atoms with Crippen LogP contribution in [0.1, 0.15) is 330 Å². The molecule has 104 heavy (non-hydrogen) atoms. The van der Waals surface area contributed by atoms with Crippen LogP contribution in [0.2, 0.25) is 0 Å². The third kappa shape index (κ3) is 42.4. The van der Waals surface area contributed by atoms with Gasteiger partial charge in [0.15, 0.2) is 0 Å². The van der Waals surface area contributed by atoms with Crippen LogP contribution in [0.4, 0.5) is 0 Å². The van der Waals surface area contributed by atoms with Crippen molar-refractivity contribution in [1.29, 1.82) is 0 Å². The van der Waals surface area contributed by atoms with Crippen molar-refractivity contribution in [3.8, 4) is 0 Å². The smallest absolute Gasteiger partial charge is 0.115 e. The van der Waals surface area contributed by atoms with E-state index in [1.807, 2.05) is 0 Å². The van der Waals surface area contributed by atoms with Gasteiger partial charge in [0.25, 0.3) is 0 Å². The number of hydrogen-bond donors (Lipinski definition) is 0. The highest BCUT2D eigenvalue weighted by atomic mass is 16.6. The minimum absolute atomic E-state index is 0.223. The zero-order chi connectivity index (χ0) is 78.8. The van der Waals surface area contributed by atoms with E-state index in [0.717, 1.165) is 121 Å². The molecule has 4 unspecified atom stereocenters. The molecule has 0 spiro atoms. The van der Waals surface area contributed by atoms with Crippen molar-refractivity contribution in [2.75, 3.05) is 158 Å². The summed E-state index contributed by atoms with van der Waals surface area (Å²) in [6, 6.07) is 0.815. The quantitative estimate of drug-likeness (QED) is 0.263. The van der Waals surface area contributed by atoms with Crippen molar-refractivity contribution >= 4 is 0 Å². The predicted octanol–water partition coefficient (Wildman–Crippen LogP) is 22.3. The first kappa shape index (κ1) is 99.6. The van der Waals surface area contributed by atoms with E-state index in [2.05, 4.69) is 239 Å². The fraction of sp³-hybridized carbons (Fsp3) is 1.00. The zero-order valence-electron chi connectivity index (χ0n) is 76.1. The highest BCUT2D eigenvalue weighted by Crippen LogP contribution is 2.40. The van der Waals surface area contributed by atoms with Gasteiger partial charge in [-0.05, 0) is 280 Å². The van der Waals surface area contributed by atoms with Crippen LogP contribution in [0.15, 0.2) is 0 Å². The highest BCUT2D eigenvalue weighted by Gasteiger charge is 2.36. The molecule has 0 radical (unpaired) electrons. The minimum atomic E-state index is 0.223. The van der Waals surface area contributed by atoms with Crippen LogP contribution in [0.5, 0.6) is 0 Å². The molecule has 0 bridgehead atoms. The number of ether oxygens (including phenoxy) is 7. The number of hydrogen-bond acceptors (Lipinski definition) is 12. The lowest BCUT2D eigenvalue weighted by Crippen LogP contribution is -2.49. The second-order valence-corrected chi connectivity index (χ2v) is 43.1. The molecule has 10 fully saturated rings. The lowest BCUT2D eigenvalue weighted by atomic mass is 9.75. The average Bonchev–Trinajstić information content (AvgIpc) is 0.854. The van der Waals surface area contributed by atoms with Gasteiger partial charge in [0.2, 0.25) is 0 Å². The molecule has 4 atom stereocenters. The van der Waals surface area contributed by atoms with E-state index < -0.39 is 0 Å². The summed E-state index contributed by atoms with van der Waals surface area (Å²) < 4.78 is 38.4. The third-order valence-corrected chi connectivity index (χ3v) is 25.1. The Hall–Kier alpha value is -0.480. The van der Waals surface area contributed by atoms with E-state index in [1.54, 1.807) is 0 Å². The molecule has 0 N–H and O–H groups in total. The molecule has 10 saturated heterocycles. The molecule has 10 aliphatic heterocycles. The molecular weight excluding hydrogens is 1290 g/mol. The molecule has 10 heterocycles. The first-order valence-corrected chi connectivity index (χ1v) is 43.9. The summed E-state index contributed by atoms with van der Waals surface area (Å²) in [5.41, 5.74) is 3.84. The van der Waals surface area contributed by atoms with Gasteiger partial charge in [-0.1, -0.05) is 208 Å². The molecule has 0 saturated carbocycles. The Morgan fingerprint density at radius 1 is 0.279 bits per heavy atom. The van der Waals surface area contributed by atoms with Crippen LogP contribution < -0.4 is 0 Å². The van der Waals surface area contributed by atoms with E-state index in [9.17, 15) is 0 Å². The summed E-state index contributed by atoms with van der Waals surface area (Å²) in [7, 11) is 2.22. The van der Waals surface area contributed by atoms with Crippen LogP contribution in [0.25, 0.3) is 0 Å². The molecule has 0 aromatic rings. The van der Waals surface area contributed by atoms with Gasteiger partial charge in [0, 0.05) is 70.9 Å². The van der Waals surface area contributed by atoms with Gasteiger partial charge in [-0.2, -0.15) is 0 Å². The lowest BCUT2D eigenvalue weighted by molar-refractivity contribution is -0.146. The van der Waals surface area contributed by atoms with Gasteiger partial charge in [-0.15, -0.1) is 0 Å². The Morgan fingerprint density at radius 2 is 0.683 bits per heavy atom. The predicted molar refractivity (Wildman–Crippen MR) is 451 cm³/mol. The molecule has 12 nitrogen and oxygen atoms in total. The Kier molecular flexibility index (Phi) is 46.5. The summed E-state index contributed by atoms with van der Waals surface area (Å²) in [6.07, 6.45) is 26.2. The molecule has 10 aliphatic rings. The largest absolute Gasteiger partial charge is 0.381 e. The van der Waals surface area contributed by atoms with Gasteiger partial charge >= 0.3 is 0 Å². The maximum Gasteiger partial charge on any atom is 0.115 e. The molecule has 10 rings (SSSR count). The molecule has 0 aromatic heterocycles. The Morgan fingerprint density at radius 3 is 1.00 bits per heavy atom. The third-order valence-electron chi connectivity index (χ3n) is 25.1. The van der Waals surface area contributed by atoms with E-state index in [-0.39, 0.29) is 16.9 Å². The van der Waals surface area contributed by atoms with Crippen LogP contribution in [0, 0.1) is 84.2 Å². The van der Waals surface area contributed by atoms with E-state index in [4.69, 9.17) is 33.2 Å². The van der Waals surface area contributed by atoms with Crippen LogP contribution in [-0.2, 0) is 33.2 Å². The fourth-order valence-electron chi connectivity index (χ4n) is 16.7. The SMILES string of the molecule is CC(C)(C)C1CCCCO1.CC(C)(C)C1CCCOC1.CC(C)(C)C1CCN(C2CCOCC2)CC1.CC(C)(C)C1CCOCC1.CC(C)(C)C1COCCO1.CCCN1CCC(C(C)(C)C)CC1.CCN1CCC(C(C)(C)C)CC1.CCN1CCCOC1C(C)(C)C.CN1CCC(C(C)(C)C)CC1. The van der Waals surface area contributed by atoms with Crippen molar-refractivity contribution in [2.45, 2.75) is 354 Å². The summed E-state index contributed by atoms with van der Waals surface area (Å²) in [4.78, 5) is 12.7. The summed E-state index contributed by atoms with van der Waals surface area (Å²) >= 11 is 0. The van der Waals surface area contributed by atoms with Crippen LogP contribution in [0.3, 0.4) is 0 Å². The lowest BCUT2D eigenvalue weighted by Gasteiger charge is -2.42. The van der Waals surface area contributed by atoms with Crippen molar-refractivity contribution in [3.63, 3.8) is 0 Å². The maximum atomic E-state index is 5.77. The van der Waals surface area contributed by atoms with E-state index in [1.165, 1.54) is 194 Å². The maximum absolute atomic E-state index is 5.77.